The van der Waals surface area contributed by atoms with E-state index in [1.54, 1.807) is 30.5 Å². The lowest BCUT2D eigenvalue weighted by molar-refractivity contribution is 0.191. The SMILES string of the molecule is OCCNc1nc(Nc2ccc(Nc3ncc(F)c(OCCO)n3)cc2)ncc1Br. The minimum Gasteiger partial charge on any atom is -0.473 e. The van der Waals surface area contributed by atoms with Crippen molar-refractivity contribution in [2.24, 2.45) is 0 Å². The molecule has 2 heterocycles. The molecule has 3 aromatic rings. The lowest BCUT2D eigenvalue weighted by Crippen LogP contribution is -2.09. The van der Waals surface area contributed by atoms with Gasteiger partial charge in [-0.3, -0.25) is 0 Å². The van der Waals surface area contributed by atoms with Gasteiger partial charge in [-0.05, 0) is 40.2 Å². The van der Waals surface area contributed by atoms with Gasteiger partial charge >= 0.3 is 0 Å². The first kappa shape index (κ1) is 21.6. The molecule has 0 unspecified atom stereocenters. The van der Waals surface area contributed by atoms with E-state index in [1.165, 1.54) is 0 Å². The van der Waals surface area contributed by atoms with Crippen molar-refractivity contribution in [2.45, 2.75) is 0 Å². The fourth-order valence-electron chi connectivity index (χ4n) is 2.28. The molecule has 0 amide bonds. The van der Waals surface area contributed by atoms with Crippen molar-refractivity contribution in [3.63, 3.8) is 0 Å². The van der Waals surface area contributed by atoms with Crippen molar-refractivity contribution in [3.8, 4) is 5.88 Å². The Kier molecular flexibility index (Phi) is 7.65. The van der Waals surface area contributed by atoms with Crippen molar-refractivity contribution in [2.75, 3.05) is 42.3 Å². The molecular formula is C18H19BrFN7O3. The van der Waals surface area contributed by atoms with Gasteiger partial charge in [0.05, 0.1) is 23.9 Å². The van der Waals surface area contributed by atoms with Gasteiger partial charge in [-0.2, -0.15) is 14.4 Å². The molecule has 0 saturated carbocycles. The predicted molar refractivity (Wildman–Crippen MR) is 113 cm³/mol. The molecule has 1 aromatic carbocycles. The average molecular weight is 480 g/mol. The molecule has 30 heavy (non-hydrogen) atoms. The first-order valence-electron chi connectivity index (χ1n) is 8.86. The van der Waals surface area contributed by atoms with Gasteiger partial charge in [-0.15, -0.1) is 0 Å². The van der Waals surface area contributed by atoms with Gasteiger partial charge in [0.2, 0.25) is 17.7 Å². The van der Waals surface area contributed by atoms with Crippen LogP contribution in [0.15, 0.2) is 41.1 Å². The van der Waals surface area contributed by atoms with Crippen molar-refractivity contribution in [1.29, 1.82) is 0 Å². The fraction of sp³-hybridized carbons (Fsp3) is 0.222. The highest BCUT2D eigenvalue weighted by Crippen LogP contribution is 2.23. The predicted octanol–water partition coefficient (Wildman–Crippen LogP) is 2.43. The molecule has 0 atom stereocenters. The number of aliphatic hydroxyl groups excluding tert-OH is 2. The quantitative estimate of drug-likeness (QED) is 0.294. The van der Waals surface area contributed by atoms with Gasteiger partial charge in [0.25, 0.3) is 5.88 Å². The van der Waals surface area contributed by atoms with Crippen LogP contribution < -0.4 is 20.7 Å². The lowest BCUT2D eigenvalue weighted by atomic mass is 10.3. The van der Waals surface area contributed by atoms with E-state index in [1.807, 2.05) is 0 Å². The zero-order chi connectivity index (χ0) is 21.3. The number of hydrogen-bond acceptors (Lipinski definition) is 10. The molecular weight excluding hydrogens is 461 g/mol. The minimum absolute atomic E-state index is 0.0134. The molecule has 10 nitrogen and oxygen atoms in total. The average Bonchev–Trinajstić information content (AvgIpc) is 2.76. The molecule has 3 rings (SSSR count). The van der Waals surface area contributed by atoms with Crippen LogP contribution in [0.3, 0.4) is 0 Å². The van der Waals surface area contributed by atoms with Gasteiger partial charge in [0, 0.05) is 24.1 Å². The second kappa shape index (κ2) is 10.6. The molecule has 0 saturated heterocycles. The Morgan fingerprint density at radius 1 is 0.933 bits per heavy atom. The number of aromatic nitrogens is 4. The molecule has 0 fully saturated rings. The normalized spacial score (nSPS) is 10.5. The lowest BCUT2D eigenvalue weighted by Gasteiger charge is -2.11. The third kappa shape index (κ3) is 5.95. The zero-order valence-corrected chi connectivity index (χ0v) is 17.2. The summed E-state index contributed by atoms with van der Waals surface area (Å²) in [6.07, 6.45) is 2.60. The van der Waals surface area contributed by atoms with Gasteiger partial charge in [-0.1, -0.05) is 0 Å². The zero-order valence-electron chi connectivity index (χ0n) is 15.6. The molecule has 0 radical (unpaired) electrons. The number of hydrogen-bond donors (Lipinski definition) is 5. The van der Waals surface area contributed by atoms with Crippen LogP contribution in [0.5, 0.6) is 5.88 Å². The Morgan fingerprint density at radius 2 is 1.57 bits per heavy atom. The number of benzene rings is 1. The summed E-state index contributed by atoms with van der Waals surface area (Å²) in [5, 5.41) is 26.7. The first-order valence-corrected chi connectivity index (χ1v) is 9.66. The summed E-state index contributed by atoms with van der Waals surface area (Å²) in [6.45, 7) is 0.0406. The van der Waals surface area contributed by atoms with Crippen LogP contribution >= 0.6 is 15.9 Å². The fourth-order valence-corrected chi connectivity index (χ4v) is 2.61. The summed E-state index contributed by atoms with van der Waals surface area (Å²) in [4.78, 5) is 16.4. The van der Waals surface area contributed by atoms with E-state index in [9.17, 15) is 4.39 Å². The highest BCUT2D eigenvalue weighted by atomic mass is 79.9. The Balaban J connectivity index is 1.66. The van der Waals surface area contributed by atoms with E-state index in [2.05, 4.69) is 51.8 Å². The molecule has 5 N–H and O–H groups in total. The summed E-state index contributed by atoms with van der Waals surface area (Å²) in [7, 11) is 0. The van der Waals surface area contributed by atoms with Crippen LogP contribution in [0.1, 0.15) is 0 Å². The standard InChI is InChI=1S/C18H19BrFN7O3/c19-13-9-22-17(26-15(13)21-5-6-28)24-11-1-3-12(4-2-11)25-18-23-10-14(20)16(27-18)30-8-7-29/h1-4,9-10,28-29H,5-8H2,(H,23,25,27)(H2,21,22,24,26). The number of anilines is 5. The van der Waals surface area contributed by atoms with Gasteiger partial charge in [0.15, 0.2) is 0 Å². The summed E-state index contributed by atoms with van der Waals surface area (Å²) in [5.41, 5.74) is 1.41. The molecule has 0 spiro atoms. The van der Waals surface area contributed by atoms with E-state index in [4.69, 9.17) is 14.9 Å². The number of rotatable bonds is 10. The molecule has 158 valence electrons. The molecule has 12 heteroatoms. The summed E-state index contributed by atoms with van der Waals surface area (Å²) < 4.78 is 19.3. The topological polar surface area (TPSA) is 137 Å². The highest BCUT2D eigenvalue weighted by Gasteiger charge is 2.09. The second-order valence-corrected chi connectivity index (χ2v) is 6.64. The summed E-state index contributed by atoms with van der Waals surface area (Å²) >= 11 is 3.35. The van der Waals surface area contributed by atoms with Crippen LogP contribution in [-0.2, 0) is 0 Å². The van der Waals surface area contributed by atoms with Crippen LogP contribution in [0.4, 0.5) is 33.5 Å². The molecule has 0 bridgehead atoms. The minimum atomic E-state index is -0.712. The van der Waals surface area contributed by atoms with Crippen molar-refractivity contribution in [1.82, 2.24) is 19.9 Å². The van der Waals surface area contributed by atoms with E-state index in [0.717, 1.165) is 11.9 Å². The number of aliphatic hydroxyl groups is 2. The van der Waals surface area contributed by atoms with Crippen LogP contribution in [0.25, 0.3) is 0 Å². The number of nitrogens with zero attached hydrogens (tertiary/aromatic N) is 4. The van der Waals surface area contributed by atoms with E-state index in [0.29, 0.717) is 28.5 Å². The summed E-state index contributed by atoms with van der Waals surface area (Å²) in [5.74, 6) is 0.147. The molecule has 0 aliphatic heterocycles. The maximum atomic E-state index is 13.6. The second-order valence-electron chi connectivity index (χ2n) is 5.79. The third-order valence-corrected chi connectivity index (χ3v) is 4.17. The van der Waals surface area contributed by atoms with Crippen molar-refractivity contribution in [3.05, 3.63) is 46.9 Å². The Hall–Kier alpha value is -3.09. The van der Waals surface area contributed by atoms with Crippen LogP contribution in [-0.4, -0.2) is 56.5 Å². The molecule has 2 aromatic heterocycles. The van der Waals surface area contributed by atoms with E-state index >= 15 is 0 Å². The molecule has 0 aliphatic carbocycles. The number of halogens is 2. The Morgan fingerprint density at radius 3 is 2.20 bits per heavy atom. The summed E-state index contributed by atoms with van der Waals surface area (Å²) in [6, 6.07) is 7.13. The maximum absolute atomic E-state index is 13.6. The number of ether oxygens (including phenoxy) is 1. The van der Waals surface area contributed by atoms with Crippen molar-refractivity contribution < 1.29 is 19.3 Å². The van der Waals surface area contributed by atoms with Gasteiger partial charge in [0.1, 0.15) is 12.4 Å². The van der Waals surface area contributed by atoms with E-state index < -0.39 is 5.82 Å². The Bertz CT molecular complexity index is 900. The van der Waals surface area contributed by atoms with Gasteiger partial charge in [-0.25, -0.2) is 9.97 Å². The monoisotopic (exact) mass is 479 g/mol. The Labute approximate surface area is 179 Å². The third-order valence-electron chi connectivity index (χ3n) is 3.59. The first-order chi connectivity index (χ1) is 14.6. The smallest absolute Gasteiger partial charge is 0.255 e. The number of nitrogens with one attached hydrogen (secondary N) is 3. The maximum Gasteiger partial charge on any atom is 0.255 e. The molecule has 0 aliphatic rings. The highest BCUT2D eigenvalue weighted by molar-refractivity contribution is 9.10. The van der Waals surface area contributed by atoms with Crippen LogP contribution in [0, 0.1) is 5.82 Å². The van der Waals surface area contributed by atoms with Crippen LogP contribution in [0.2, 0.25) is 0 Å². The van der Waals surface area contributed by atoms with E-state index in [-0.39, 0.29) is 31.6 Å². The van der Waals surface area contributed by atoms with Crippen molar-refractivity contribution >= 4 is 45.0 Å². The van der Waals surface area contributed by atoms with Gasteiger partial charge < -0.3 is 30.9 Å². The largest absolute Gasteiger partial charge is 0.473 e.